The largest absolute Gasteiger partial charge is 0.454 e. The summed E-state index contributed by atoms with van der Waals surface area (Å²) < 4.78 is 10.6. The average molecular weight is 287 g/mol. The van der Waals surface area contributed by atoms with Crippen LogP contribution in [0, 0.1) is 6.92 Å². The molecule has 6 nitrogen and oxygen atoms in total. The first-order valence-corrected chi connectivity index (χ1v) is 6.81. The third-order valence-electron chi connectivity index (χ3n) is 3.31. The van der Waals surface area contributed by atoms with Crippen molar-refractivity contribution >= 4 is 5.91 Å². The molecule has 2 heterocycles. The lowest BCUT2D eigenvalue weighted by Gasteiger charge is -2.11. The van der Waals surface area contributed by atoms with Crippen molar-refractivity contribution in [2.75, 3.05) is 6.79 Å². The van der Waals surface area contributed by atoms with Gasteiger partial charge in [0, 0.05) is 11.9 Å². The Morgan fingerprint density at radius 1 is 1.43 bits per heavy atom. The van der Waals surface area contributed by atoms with Gasteiger partial charge in [0.1, 0.15) is 5.82 Å². The highest BCUT2D eigenvalue weighted by atomic mass is 16.7. The molecule has 110 valence electrons. The number of ether oxygens (including phenoxy) is 2. The van der Waals surface area contributed by atoms with E-state index in [1.54, 1.807) is 6.20 Å². The van der Waals surface area contributed by atoms with Gasteiger partial charge in [-0.15, -0.1) is 0 Å². The SMILES string of the molecule is Cc1cnc(C(C)NC(=O)Cc2ccc3c(c2)OCO3)[nH]1. The Labute approximate surface area is 122 Å². The fourth-order valence-electron chi connectivity index (χ4n) is 2.25. The lowest BCUT2D eigenvalue weighted by molar-refractivity contribution is -0.121. The van der Waals surface area contributed by atoms with Gasteiger partial charge in [-0.05, 0) is 31.5 Å². The summed E-state index contributed by atoms with van der Waals surface area (Å²) in [5.74, 6) is 2.11. The molecule has 0 spiro atoms. The summed E-state index contributed by atoms with van der Waals surface area (Å²) in [6.07, 6.45) is 2.04. The maximum Gasteiger partial charge on any atom is 0.231 e. The molecule has 0 saturated carbocycles. The maximum absolute atomic E-state index is 12.1. The van der Waals surface area contributed by atoms with Crippen LogP contribution in [-0.4, -0.2) is 22.7 Å². The highest BCUT2D eigenvalue weighted by Gasteiger charge is 2.16. The van der Waals surface area contributed by atoms with E-state index in [-0.39, 0.29) is 18.7 Å². The average Bonchev–Trinajstić information content (AvgIpc) is 3.06. The normalized spacial score (nSPS) is 14.0. The number of carbonyl (C=O) groups is 1. The Morgan fingerprint density at radius 3 is 3.00 bits per heavy atom. The van der Waals surface area contributed by atoms with E-state index >= 15 is 0 Å². The smallest absolute Gasteiger partial charge is 0.231 e. The van der Waals surface area contributed by atoms with Crippen molar-refractivity contribution in [1.29, 1.82) is 0 Å². The second kappa shape index (κ2) is 5.47. The molecule has 0 bridgehead atoms. The van der Waals surface area contributed by atoms with Crippen molar-refractivity contribution in [1.82, 2.24) is 15.3 Å². The number of hydrogen-bond acceptors (Lipinski definition) is 4. The second-order valence-electron chi connectivity index (χ2n) is 5.11. The number of aromatic nitrogens is 2. The van der Waals surface area contributed by atoms with Gasteiger partial charge in [0.05, 0.1) is 12.5 Å². The fraction of sp³-hybridized carbons (Fsp3) is 0.333. The maximum atomic E-state index is 12.1. The molecule has 1 unspecified atom stereocenters. The van der Waals surface area contributed by atoms with Gasteiger partial charge < -0.3 is 19.8 Å². The molecule has 2 N–H and O–H groups in total. The zero-order valence-corrected chi connectivity index (χ0v) is 12.0. The molecule has 1 aliphatic heterocycles. The fourth-order valence-corrected chi connectivity index (χ4v) is 2.25. The number of aryl methyl sites for hydroxylation is 1. The summed E-state index contributed by atoms with van der Waals surface area (Å²) in [7, 11) is 0. The number of hydrogen-bond donors (Lipinski definition) is 2. The Morgan fingerprint density at radius 2 is 2.24 bits per heavy atom. The van der Waals surface area contributed by atoms with Crippen molar-refractivity contribution in [3.63, 3.8) is 0 Å². The van der Waals surface area contributed by atoms with Crippen LogP contribution in [0.25, 0.3) is 0 Å². The molecular weight excluding hydrogens is 270 g/mol. The minimum absolute atomic E-state index is 0.0598. The second-order valence-corrected chi connectivity index (χ2v) is 5.11. The molecule has 21 heavy (non-hydrogen) atoms. The molecule has 1 aromatic heterocycles. The number of H-pyrrole nitrogens is 1. The number of nitrogens with zero attached hydrogens (tertiary/aromatic N) is 1. The Bertz CT molecular complexity index is 666. The van der Waals surface area contributed by atoms with Gasteiger partial charge in [-0.1, -0.05) is 6.07 Å². The van der Waals surface area contributed by atoms with E-state index in [1.807, 2.05) is 32.0 Å². The first-order chi connectivity index (χ1) is 10.1. The van der Waals surface area contributed by atoms with Gasteiger partial charge in [0.25, 0.3) is 0 Å². The van der Waals surface area contributed by atoms with E-state index in [4.69, 9.17) is 9.47 Å². The van der Waals surface area contributed by atoms with Crippen LogP contribution < -0.4 is 14.8 Å². The van der Waals surface area contributed by atoms with Crippen LogP contribution in [0.5, 0.6) is 11.5 Å². The van der Waals surface area contributed by atoms with Crippen molar-refractivity contribution in [2.24, 2.45) is 0 Å². The van der Waals surface area contributed by atoms with Gasteiger partial charge in [-0.25, -0.2) is 4.98 Å². The van der Waals surface area contributed by atoms with Crippen molar-refractivity contribution in [3.05, 3.63) is 41.5 Å². The standard InChI is InChI=1S/C15H17N3O3/c1-9-7-16-15(17-9)10(2)18-14(19)6-11-3-4-12-13(5-11)21-8-20-12/h3-5,7,10H,6,8H2,1-2H3,(H,16,17)(H,18,19). The molecule has 1 atom stereocenters. The van der Waals surface area contributed by atoms with Crippen molar-refractivity contribution in [3.8, 4) is 11.5 Å². The molecule has 2 aromatic rings. The van der Waals surface area contributed by atoms with Crippen LogP contribution in [0.4, 0.5) is 0 Å². The zero-order chi connectivity index (χ0) is 14.8. The van der Waals surface area contributed by atoms with Gasteiger partial charge in [-0.2, -0.15) is 0 Å². The van der Waals surface area contributed by atoms with E-state index in [0.717, 1.165) is 22.8 Å². The van der Waals surface area contributed by atoms with E-state index in [1.165, 1.54) is 0 Å². The van der Waals surface area contributed by atoms with Crippen molar-refractivity contribution in [2.45, 2.75) is 26.3 Å². The molecule has 0 radical (unpaired) electrons. The Balaban J connectivity index is 1.61. The van der Waals surface area contributed by atoms with Crippen molar-refractivity contribution < 1.29 is 14.3 Å². The minimum atomic E-state index is -0.153. The number of benzene rings is 1. The quantitative estimate of drug-likeness (QED) is 0.900. The van der Waals surface area contributed by atoms with Gasteiger partial charge in [0.2, 0.25) is 12.7 Å². The first kappa shape index (κ1) is 13.5. The van der Waals surface area contributed by atoms with E-state index in [0.29, 0.717) is 12.2 Å². The topological polar surface area (TPSA) is 76.2 Å². The van der Waals surface area contributed by atoms with E-state index in [2.05, 4.69) is 15.3 Å². The number of rotatable bonds is 4. The van der Waals surface area contributed by atoms with E-state index < -0.39 is 0 Å². The monoisotopic (exact) mass is 287 g/mol. The lowest BCUT2D eigenvalue weighted by atomic mass is 10.1. The third kappa shape index (κ3) is 2.99. The van der Waals surface area contributed by atoms with Gasteiger partial charge in [-0.3, -0.25) is 4.79 Å². The van der Waals surface area contributed by atoms with Crippen LogP contribution in [0.1, 0.15) is 30.0 Å². The molecule has 0 saturated heterocycles. The third-order valence-corrected chi connectivity index (χ3v) is 3.31. The van der Waals surface area contributed by atoms with Crippen LogP contribution in [0.15, 0.2) is 24.4 Å². The van der Waals surface area contributed by atoms with Crippen LogP contribution in [0.2, 0.25) is 0 Å². The summed E-state index contributed by atoms with van der Waals surface area (Å²) in [6.45, 7) is 4.06. The lowest BCUT2D eigenvalue weighted by Crippen LogP contribution is -2.28. The molecule has 1 aliphatic rings. The molecule has 0 aliphatic carbocycles. The Hall–Kier alpha value is -2.50. The molecule has 1 amide bonds. The van der Waals surface area contributed by atoms with Crippen LogP contribution in [0.3, 0.4) is 0 Å². The molecule has 1 aromatic carbocycles. The van der Waals surface area contributed by atoms with E-state index in [9.17, 15) is 4.79 Å². The first-order valence-electron chi connectivity index (χ1n) is 6.81. The predicted octanol–water partition coefficient (Wildman–Crippen LogP) is 1.87. The summed E-state index contributed by atoms with van der Waals surface area (Å²) in [5, 5.41) is 2.92. The number of amides is 1. The summed E-state index contributed by atoms with van der Waals surface area (Å²) in [4.78, 5) is 19.4. The Kier molecular flexibility index (Phi) is 3.51. The number of fused-ring (bicyclic) bond motifs is 1. The molecule has 6 heteroatoms. The number of nitrogens with one attached hydrogen (secondary N) is 2. The molecular formula is C15H17N3O3. The molecule has 0 fully saturated rings. The number of carbonyl (C=O) groups excluding carboxylic acids is 1. The van der Waals surface area contributed by atoms with Gasteiger partial charge in [0.15, 0.2) is 11.5 Å². The zero-order valence-electron chi connectivity index (χ0n) is 12.0. The molecule has 3 rings (SSSR count). The number of aromatic amines is 1. The predicted molar refractivity (Wildman–Crippen MR) is 76.2 cm³/mol. The summed E-state index contributed by atoms with van der Waals surface area (Å²) >= 11 is 0. The summed E-state index contributed by atoms with van der Waals surface area (Å²) in [6, 6.07) is 5.38. The van der Waals surface area contributed by atoms with Gasteiger partial charge >= 0.3 is 0 Å². The minimum Gasteiger partial charge on any atom is -0.454 e. The highest BCUT2D eigenvalue weighted by molar-refractivity contribution is 5.79. The summed E-state index contributed by atoms with van der Waals surface area (Å²) in [5.41, 5.74) is 1.86. The van der Waals surface area contributed by atoms with Crippen LogP contribution >= 0.6 is 0 Å². The number of imidazole rings is 1. The highest BCUT2D eigenvalue weighted by Crippen LogP contribution is 2.32. The van der Waals surface area contributed by atoms with Crippen LogP contribution in [-0.2, 0) is 11.2 Å².